The molecule has 1 heterocycles. The molecule has 0 saturated carbocycles. The zero-order chi connectivity index (χ0) is 12.3. The molecule has 1 N–H and O–H groups in total. The molecular formula is C12H14FN3S. The minimum absolute atomic E-state index is 0.186. The number of hydrogen-bond acceptors (Lipinski definition) is 4. The third kappa shape index (κ3) is 2.87. The van der Waals surface area contributed by atoms with Gasteiger partial charge >= 0.3 is 0 Å². The van der Waals surface area contributed by atoms with Gasteiger partial charge in [-0.15, -0.1) is 10.2 Å². The zero-order valence-corrected chi connectivity index (χ0v) is 10.6. The van der Waals surface area contributed by atoms with Gasteiger partial charge in [-0.05, 0) is 37.7 Å². The molecule has 0 aliphatic rings. The summed E-state index contributed by atoms with van der Waals surface area (Å²) in [5.41, 5.74) is 1.56. The second kappa shape index (κ2) is 5.33. The average Bonchev–Trinajstić information content (AvgIpc) is 2.79. The highest BCUT2D eigenvalue weighted by atomic mass is 32.1. The number of aromatic nitrogens is 2. The number of benzene rings is 1. The molecule has 0 radical (unpaired) electrons. The fraction of sp³-hybridized carbons (Fsp3) is 0.333. The van der Waals surface area contributed by atoms with Crippen LogP contribution in [0.5, 0.6) is 0 Å². The summed E-state index contributed by atoms with van der Waals surface area (Å²) in [7, 11) is 1.91. The van der Waals surface area contributed by atoms with E-state index in [2.05, 4.69) is 15.5 Å². The van der Waals surface area contributed by atoms with Crippen molar-refractivity contribution in [1.29, 1.82) is 0 Å². The third-order valence-corrected chi connectivity index (χ3v) is 3.49. The van der Waals surface area contributed by atoms with Crippen molar-refractivity contribution in [3.63, 3.8) is 0 Å². The Hall–Kier alpha value is -1.33. The van der Waals surface area contributed by atoms with Crippen LogP contribution in [0, 0.1) is 12.7 Å². The van der Waals surface area contributed by atoms with E-state index < -0.39 is 0 Å². The molecule has 0 spiro atoms. The minimum Gasteiger partial charge on any atom is -0.319 e. The molecular weight excluding hydrogens is 237 g/mol. The maximum absolute atomic E-state index is 13.1. The molecule has 0 aliphatic heterocycles. The highest BCUT2D eigenvalue weighted by Gasteiger charge is 2.07. The Kier molecular flexibility index (Phi) is 3.81. The fourth-order valence-corrected chi connectivity index (χ4v) is 2.32. The molecule has 0 unspecified atom stereocenters. The predicted molar refractivity (Wildman–Crippen MR) is 67.7 cm³/mol. The van der Waals surface area contributed by atoms with Crippen molar-refractivity contribution in [2.75, 3.05) is 13.6 Å². The summed E-state index contributed by atoms with van der Waals surface area (Å²) in [5.74, 6) is -0.186. The molecule has 0 aliphatic carbocycles. The van der Waals surface area contributed by atoms with Crippen LogP contribution in [-0.2, 0) is 6.42 Å². The molecule has 90 valence electrons. The molecule has 0 amide bonds. The van der Waals surface area contributed by atoms with Crippen LogP contribution in [0.25, 0.3) is 10.6 Å². The number of rotatable bonds is 4. The van der Waals surface area contributed by atoms with Gasteiger partial charge in [-0.1, -0.05) is 11.3 Å². The summed E-state index contributed by atoms with van der Waals surface area (Å²) in [6, 6.07) is 5.02. The van der Waals surface area contributed by atoms with E-state index in [-0.39, 0.29) is 5.82 Å². The van der Waals surface area contributed by atoms with Crippen LogP contribution < -0.4 is 5.32 Å². The van der Waals surface area contributed by atoms with Crippen molar-refractivity contribution >= 4 is 11.3 Å². The molecule has 5 heteroatoms. The minimum atomic E-state index is -0.186. The monoisotopic (exact) mass is 251 g/mol. The maximum Gasteiger partial charge on any atom is 0.147 e. The smallest absolute Gasteiger partial charge is 0.147 e. The Balaban J connectivity index is 2.21. The van der Waals surface area contributed by atoms with Crippen LogP contribution in [0.3, 0.4) is 0 Å². The van der Waals surface area contributed by atoms with Crippen LogP contribution in [-0.4, -0.2) is 23.8 Å². The standard InChI is InChI=1S/C12H14FN3S/c1-8-7-9(3-4-10(8)13)12-16-15-11(17-12)5-6-14-2/h3-4,7,14H,5-6H2,1-2H3. The molecule has 0 saturated heterocycles. The topological polar surface area (TPSA) is 37.8 Å². The average molecular weight is 251 g/mol. The predicted octanol–water partition coefficient (Wildman–Crippen LogP) is 2.41. The lowest BCUT2D eigenvalue weighted by Gasteiger charge is -1.98. The molecule has 1 aromatic carbocycles. The van der Waals surface area contributed by atoms with Gasteiger partial charge in [-0.2, -0.15) is 0 Å². The van der Waals surface area contributed by atoms with E-state index in [4.69, 9.17) is 0 Å². The molecule has 17 heavy (non-hydrogen) atoms. The van der Waals surface area contributed by atoms with E-state index in [9.17, 15) is 4.39 Å². The highest BCUT2D eigenvalue weighted by Crippen LogP contribution is 2.25. The van der Waals surface area contributed by atoms with E-state index >= 15 is 0 Å². The van der Waals surface area contributed by atoms with Crippen molar-refractivity contribution < 1.29 is 4.39 Å². The van der Waals surface area contributed by atoms with E-state index in [1.54, 1.807) is 30.4 Å². The SMILES string of the molecule is CNCCc1nnc(-c2ccc(F)c(C)c2)s1. The van der Waals surface area contributed by atoms with Crippen molar-refractivity contribution in [3.8, 4) is 10.6 Å². The van der Waals surface area contributed by atoms with Crippen LogP contribution in [0.1, 0.15) is 10.6 Å². The first kappa shape index (κ1) is 12.1. The van der Waals surface area contributed by atoms with Crippen molar-refractivity contribution in [3.05, 3.63) is 34.6 Å². The number of aryl methyl sites for hydroxylation is 1. The summed E-state index contributed by atoms with van der Waals surface area (Å²) >= 11 is 1.56. The highest BCUT2D eigenvalue weighted by molar-refractivity contribution is 7.14. The molecule has 0 atom stereocenters. The molecule has 1 aromatic heterocycles. The van der Waals surface area contributed by atoms with Gasteiger partial charge in [0.05, 0.1) is 0 Å². The first-order chi connectivity index (χ1) is 8.20. The van der Waals surface area contributed by atoms with Crippen LogP contribution >= 0.6 is 11.3 Å². The molecule has 2 aromatic rings. The first-order valence-corrected chi connectivity index (χ1v) is 6.26. The van der Waals surface area contributed by atoms with E-state index in [0.29, 0.717) is 5.56 Å². The lowest BCUT2D eigenvalue weighted by Crippen LogP contribution is -2.09. The van der Waals surface area contributed by atoms with Gasteiger partial charge < -0.3 is 5.32 Å². The number of likely N-dealkylation sites (N-methyl/N-ethyl adjacent to an activating group) is 1. The molecule has 3 nitrogen and oxygen atoms in total. The van der Waals surface area contributed by atoms with Crippen LogP contribution in [0.15, 0.2) is 18.2 Å². The Bertz CT molecular complexity index is 510. The van der Waals surface area contributed by atoms with Gasteiger partial charge in [0.2, 0.25) is 0 Å². The van der Waals surface area contributed by atoms with Gasteiger partial charge in [0.1, 0.15) is 15.8 Å². The van der Waals surface area contributed by atoms with Gasteiger partial charge in [0.25, 0.3) is 0 Å². The summed E-state index contributed by atoms with van der Waals surface area (Å²) in [5, 5.41) is 13.2. The summed E-state index contributed by atoms with van der Waals surface area (Å²) < 4.78 is 13.1. The zero-order valence-electron chi connectivity index (χ0n) is 9.83. The molecule has 0 fully saturated rings. The number of halogens is 1. The van der Waals surface area contributed by atoms with E-state index in [1.807, 2.05) is 7.05 Å². The number of nitrogens with one attached hydrogen (secondary N) is 1. The maximum atomic E-state index is 13.1. The van der Waals surface area contributed by atoms with Gasteiger partial charge in [-0.3, -0.25) is 0 Å². The van der Waals surface area contributed by atoms with Gasteiger partial charge in [0.15, 0.2) is 0 Å². The van der Waals surface area contributed by atoms with Crippen molar-refractivity contribution in [2.45, 2.75) is 13.3 Å². The van der Waals surface area contributed by atoms with Crippen LogP contribution in [0.2, 0.25) is 0 Å². The lowest BCUT2D eigenvalue weighted by molar-refractivity contribution is 0.619. The molecule has 2 rings (SSSR count). The fourth-order valence-electron chi connectivity index (χ4n) is 1.48. The second-order valence-corrected chi connectivity index (χ2v) is 4.88. The van der Waals surface area contributed by atoms with Crippen LogP contribution in [0.4, 0.5) is 4.39 Å². The largest absolute Gasteiger partial charge is 0.319 e. The van der Waals surface area contributed by atoms with Gasteiger partial charge in [0, 0.05) is 18.5 Å². The first-order valence-electron chi connectivity index (χ1n) is 5.44. The molecule has 0 bridgehead atoms. The second-order valence-electron chi connectivity index (χ2n) is 3.82. The third-order valence-electron chi connectivity index (χ3n) is 2.46. The summed E-state index contributed by atoms with van der Waals surface area (Å²) in [6.45, 7) is 2.64. The number of nitrogens with zero attached hydrogens (tertiary/aromatic N) is 2. The Morgan fingerprint density at radius 3 is 2.88 bits per heavy atom. The Morgan fingerprint density at radius 2 is 2.18 bits per heavy atom. The Labute approximate surface area is 104 Å². The Morgan fingerprint density at radius 1 is 1.35 bits per heavy atom. The van der Waals surface area contributed by atoms with Crippen molar-refractivity contribution in [1.82, 2.24) is 15.5 Å². The summed E-state index contributed by atoms with van der Waals surface area (Å²) in [4.78, 5) is 0. The van der Waals surface area contributed by atoms with Crippen molar-refractivity contribution in [2.24, 2.45) is 0 Å². The quantitative estimate of drug-likeness (QED) is 0.906. The van der Waals surface area contributed by atoms with Gasteiger partial charge in [-0.25, -0.2) is 4.39 Å². The summed E-state index contributed by atoms with van der Waals surface area (Å²) in [6.07, 6.45) is 0.869. The lowest BCUT2D eigenvalue weighted by atomic mass is 10.1. The van der Waals surface area contributed by atoms with E-state index in [1.165, 1.54) is 6.07 Å². The number of hydrogen-bond donors (Lipinski definition) is 1. The normalized spacial score (nSPS) is 10.8. The van der Waals surface area contributed by atoms with E-state index in [0.717, 1.165) is 28.5 Å².